The standard InChI is InChI=1S/C11H17ClN4/c1-15(2)11-13-6-5-10(14-11)16-7-3-4-9(12)8-16/h5-6,9H,3-4,7-8H2,1-2H3. The highest BCUT2D eigenvalue weighted by Gasteiger charge is 2.19. The second-order valence-corrected chi connectivity index (χ2v) is 4.91. The zero-order chi connectivity index (χ0) is 11.5. The van der Waals surface area contributed by atoms with Crippen LogP contribution >= 0.6 is 11.6 Å². The lowest BCUT2D eigenvalue weighted by Gasteiger charge is -2.31. The summed E-state index contributed by atoms with van der Waals surface area (Å²) in [6, 6.07) is 1.95. The van der Waals surface area contributed by atoms with E-state index < -0.39 is 0 Å². The molecule has 0 N–H and O–H groups in total. The third-order valence-corrected chi connectivity index (χ3v) is 3.07. The summed E-state index contributed by atoms with van der Waals surface area (Å²) in [5, 5.41) is 0.242. The van der Waals surface area contributed by atoms with Crippen molar-refractivity contribution in [2.75, 3.05) is 37.0 Å². The second-order valence-electron chi connectivity index (χ2n) is 4.29. The summed E-state index contributed by atoms with van der Waals surface area (Å²) in [4.78, 5) is 12.9. The number of anilines is 2. The minimum Gasteiger partial charge on any atom is -0.355 e. The highest BCUT2D eigenvalue weighted by atomic mass is 35.5. The molecule has 1 aliphatic rings. The van der Waals surface area contributed by atoms with Crippen molar-refractivity contribution in [3.63, 3.8) is 0 Å². The molecule has 5 heteroatoms. The lowest BCUT2D eigenvalue weighted by molar-refractivity contribution is 0.579. The molecule has 0 saturated carbocycles. The molecule has 16 heavy (non-hydrogen) atoms. The first-order valence-corrected chi connectivity index (χ1v) is 6.00. The van der Waals surface area contributed by atoms with Crippen molar-refractivity contribution in [2.24, 2.45) is 0 Å². The van der Waals surface area contributed by atoms with Crippen LogP contribution in [-0.4, -0.2) is 42.5 Å². The van der Waals surface area contributed by atoms with E-state index in [1.807, 2.05) is 25.1 Å². The topological polar surface area (TPSA) is 32.3 Å². The van der Waals surface area contributed by atoms with E-state index in [0.29, 0.717) is 0 Å². The number of halogens is 1. The van der Waals surface area contributed by atoms with Crippen LogP contribution in [0.15, 0.2) is 12.3 Å². The fourth-order valence-corrected chi connectivity index (χ4v) is 2.19. The zero-order valence-electron chi connectivity index (χ0n) is 9.73. The Hall–Kier alpha value is -1.03. The van der Waals surface area contributed by atoms with Crippen LogP contribution in [0, 0.1) is 0 Å². The Morgan fingerprint density at radius 2 is 2.31 bits per heavy atom. The molecule has 1 saturated heterocycles. The van der Waals surface area contributed by atoms with E-state index in [9.17, 15) is 0 Å². The highest BCUT2D eigenvalue weighted by molar-refractivity contribution is 6.21. The molecule has 0 amide bonds. The minimum atomic E-state index is 0.242. The smallest absolute Gasteiger partial charge is 0.226 e. The first kappa shape index (κ1) is 11.5. The Morgan fingerprint density at radius 1 is 1.50 bits per heavy atom. The SMILES string of the molecule is CN(C)c1nccc(N2CCCC(Cl)C2)n1. The Kier molecular flexibility index (Phi) is 3.49. The van der Waals surface area contributed by atoms with E-state index in [1.54, 1.807) is 6.20 Å². The maximum atomic E-state index is 6.17. The van der Waals surface area contributed by atoms with E-state index in [1.165, 1.54) is 0 Å². The van der Waals surface area contributed by atoms with Crippen molar-refractivity contribution in [3.8, 4) is 0 Å². The molecule has 2 heterocycles. The number of rotatable bonds is 2. The number of aromatic nitrogens is 2. The van der Waals surface area contributed by atoms with Gasteiger partial charge in [0.15, 0.2) is 0 Å². The van der Waals surface area contributed by atoms with Gasteiger partial charge in [-0.05, 0) is 18.9 Å². The number of alkyl halides is 1. The van der Waals surface area contributed by atoms with Crippen LogP contribution in [0.5, 0.6) is 0 Å². The maximum Gasteiger partial charge on any atom is 0.226 e. The second kappa shape index (κ2) is 4.87. The largest absolute Gasteiger partial charge is 0.355 e. The van der Waals surface area contributed by atoms with Gasteiger partial charge in [0.25, 0.3) is 0 Å². The first-order chi connectivity index (χ1) is 7.66. The predicted molar refractivity (Wildman–Crippen MR) is 67.4 cm³/mol. The van der Waals surface area contributed by atoms with Crippen molar-refractivity contribution in [2.45, 2.75) is 18.2 Å². The van der Waals surface area contributed by atoms with Crippen LogP contribution in [0.4, 0.5) is 11.8 Å². The summed E-state index contributed by atoms with van der Waals surface area (Å²) in [5.74, 6) is 1.72. The quantitative estimate of drug-likeness (QED) is 0.738. The van der Waals surface area contributed by atoms with E-state index in [2.05, 4.69) is 14.9 Å². The molecular weight excluding hydrogens is 224 g/mol. The molecule has 0 spiro atoms. The monoisotopic (exact) mass is 240 g/mol. The van der Waals surface area contributed by atoms with Gasteiger partial charge in [0, 0.05) is 33.4 Å². The van der Waals surface area contributed by atoms with E-state index >= 15 is 0 Å². The molecule has 1 unspecified atom stereocenters. The van der Waals surface area contributed by atoms with Crippen molar-refractivity contribution in [1.29, 1.82) is 0 Å². The fraction of sp³-hybridized carbons (Fsp3) is 0.636. The average molecular weight is 241 g/mol. The van der Waals surface area contributed by atoms with Gasteiger partial charge in [-0.2, -0.15) is 4.98 Å². The van der Waals surface area contributed by atoms with Gasteiger partial charge in [-0.3, -0.25) is 0 Å². The van der Waals surface area contributed by atoms with Gasteiger partial charge >= 0.3 is 0 Å². The Bertz CT molecular complexity index is 356. The lowest BCUT2D eigenvalue weighted by atomic mass is 10.1. The van der Waals surface area contributed by atoms with Gasteiger partial charge in [-0.1, -0.05) is 0 Å². The van der Waals surface area contributed by atoms with Crippen molar-refractivity contribution in [3.05, 3.63) is 12.3 Å². The van der Waals surface area contributed by atoms with Crippen LogP contribution < -0.4 is 9.80 Å². The number of hydrogen-bond donors (Lipinski definition) is 0. The van der Waals surface area contributed by atoms with Crippen molar-refractivity contribution < 1.29 is 0 Å². The first-order valence-electron chi connectivity index (χ1n) is 5.56. The maximum absolute atomic E-state index is 6.17. The Balaban J connectivity index is 2.16. The summed E-state index contributed by atoms with van der Waals surface area (Å²) in [6.45, 7) is 1.92. The normalized spacial score (nSPS) is 20.9. The van der Waals surface area contributed by atoms with Crippen LogP contribution in [0.25, 0.3) is 0 Å². The third-order valence-electron chi connectivity index (χ3n) is 2.72. The van der Waals surface area contributed by atoms with Crippen LogP contribution in [0.1, 0.15) is 12.8 Å². The molecule has 0 bridgehead atoms. The van der Waals surface area contributed by atoms with Crippen molar-refractivity contribution >= 4 is 23.4 Å². The molecule has 2 rings (SSSR count). The molecule has 1 fully saturated rings. The molecule has 4 nitrogen and oxygen atoms in total. The average Bonchev–Trinajstić information content (AvgIpc) is 2.29. The molecular formula is C11H17ClN4. The van der Waals surface area contributed by atoms with E-state index in [0.717, 1.165) is 37.7 Å². The highest BCUT2D eigenvalue weighted by Crippen LogP contribution is 2.21. The van der Waals surface area contributed by atoms with Gasteiger partial charge < -0.3 is 9.80 Å². The molecule has 1 atom stereocenters. The predicted octanol–water partition coefficient (Wildman–Crippen LogP) is 1.75. The van der Waals surface area contributed by atoms with Crippen LogP contribution in [-0.2, 0) is 0 Å². The third kappa shape index (κ3) is 2.55. The van der Waals surface area contributed by atoms with E-state index in [-0.39, 0.29) is 5.38 Å². The van der Waals surface area contributed by atoms with Gasteiger partial charge in [0.05, 0.1) is 5.38 Å². The van der Waals surface area contributed by atoms with Crippen LogP contribution in [0.2, 0.25) is 0 Å². The lowest BCUT2D eigenvalue weighted by Crippen LogP contribution is -2.36. The molecule has 1 aromatic heterocycles. The molecule has 1 aliphatic heterocycles. The van der Waals surface area contributed by atoms with Gasteiger partial charge in [-0.15, -0.1) is 11.6 Å². The number of piperidine rings is 1. The van der Waals surface area contributed by atoms with Crippen molar-refractivity contribution in [1.82, 2.24) is 9.97 Å². The summed E-state index contributed by atoms with van der Waals surface area (Å²) in [7, 11) is 3.89. The summed E-state index contributed by atoms with van der Waals surface area (Å²) in [6.07, 6.45) is 4.04. The zero-order valence-corrected chi connectivity index (χ0v) is 10.5. The van der Waals surface area contributed by atoms with E-state index in [4.69, 9.17) is 11.6 Å². The summed E-state index contributed by atoms with van der Waals surface area (Å²) < 4.78 is 0. The Labute approximate surface area is 101 Å². The van der Waals surface area contributed by atoms with Gasteiger partial charge in [-0.25, -0.2) is 4.98 Å². The molecule has 1 aromatic rings. The molecule has 0 aromatic carbocycles. The molecule has 0 aliphatic carbocycles. The van der Waals surface area contributed by atoms with Gasteiger partial charge in [0.1, 0.15) is 5.82 Å². The summed E-state index contributed by atoms with van der Waals surface area (Å²) in [5.41, 5.74) is 0. The fourth-order valence-electron chi connectivity index (χ4n) is 1.86. The number of nitrogens with zero attached hydrogens (tertiary/aromatic N) is 4. The molecule has 0 radical (unpaired) electrons. The number of hydrogen-bond acceptors (Lipinski definition) is 4. The minimum absolute atomic E-state index is 0.242. The molecule has 88 valence electrons. The Morgan fingerprint density at radius 3 is 3.00 bits per heavy atom. The van der Waals surface area contributed by atoms with Gasteiger partial charge in [0.2, 0.25) is 5.95 Å². The van der Waals surface area contributed by atoms with Crippen LogP contribution in [0.3, 0.4) is 0 Å². The summed E-state index contributed by atoms with van der Waals surface area (Å²) >= 11 is 6.17.